The number of benzene rings is 1. The summed E-state index contributed by atoms with van der Waals surface area (Å²) in [5.41, 5.74) is 0.197. The lowest BCUT2D eigenvalue weighted by atomic mass is 10.0. The minimum absolute atomic E-state index is 0.0559. The highest BCUT2D eigenvalue weighted by Crippen LogP contribution is 2.33. The number of aromatic carboxylic acids is 1. The molecule has 1 aromatic carbocycles. The summed E-state index contributed by atoms with van der Waals surface area (Å²) in [5, 5.41) is 27.7. The monoisotopic (exact) mass is 432 g/mol. The van der Waals surface area contributed by atoms with Gasteiger partial charge >= 0.3 is 12.1 Å². The third-order valence-electron chi connectivity index (χ3n) is 4.75. The molecule has 0 saturated carbocycles. The molecule has 0 saturated heterocycles. The first-order valence-electron chi connectivity index (χ1n) is 9.08. The van der Waals surface area contributed by atoms with E-state index in [0.717, 1.165) is 23.0 Å². The van der Waals surface area contributed by atoms with E-state index in [4.69, 9.17) is 5.11 Å². The van der Waals surface area contributed by atoms with Crippen LogP contribution < -0.4 is 0 Å². The Balaban J connectivity index is 1.74. The third-order valence-corrected chi connectivity index (χ3v) is 4.75. The molecular weight excluding hydrogens is 417 g/mol. The number of aromatic nitrogens is 6. The number of carbonyl (C=O) groups is 1. The molecule has 0 aliphatic carbocycles. The Morgan fingerprint density at radius 1 is 1.13 bits per heavy atom. The van der Waals surface area contributed by atoms with Gasteiger partial charge < -0.3 is 10.2 Å². The molecule has 3 aromatic heterocycles. The van der Waals surface area contributed by atoms with Gasteiger partial charge in [-0.3, -0.25) is 4.68 Å². The fourth-order valence-electron chi connectivity index (χ4n) is 3.26. The molecule has 0 bridgehead atoms. The van der Waals surface area contributed by atoms with E-state index in [9.17, 15) is 23.1 Å². The van der Waals surface area contributed by atoms with Crippen molar-refractivity contribution in [2.75, 3.05) is 0 Å². The second-order valence-electron chi connectivity index (χ2n) is 6.69. The molecule has 0 aliphatic rings. The maximum atomic E-state index is 12.9. The topological polar surface area (TPSA) is 119 Å². The van der Waals surface area contributed by atoms with E-state index in [1.807, 2.05) is 6.92 Å². The molecule has 0 fully saturated rings. The maximum Gasteiger partial charge on any atom is 0.416 e. The Morgan fingerprint density at radius 3 is 2.42 bits per heavy atom. The summed E-state index contributed by atoms with van der Waals surface area (Å²) < 4.78 is 41.1. The summed E-state index contributed by atoms with van der Waals surface area (Å²) in [5.74, 6) is -1.65. The molecule has 0 radical (unpaired) electrons. The number of halogens is 3. The lowest BCUT2D eigenvalue weighted by molar-refractivity contribution is -0.137. The van der Waals surface area contributed by atoms with Crippen molar-refractivity contribution >= 4 is 17.0 Å². The number of nitrogens with zero attached hydrogens (tertiary/aromatic N) is 6. The molecule has 12 heteroatoms. The van der Waals surface area contributed by atoms with E-state index in [1.54, 1.807) is 0 Å². The van der Waals surface area contributed by atoms with E-state index >= 15 is 0 Å². The summed E-state index contributed by atoms with van der Waals surface area (Å²) in [6.45, 7) is 1.83. The Morgan fingerprint density at radius 2 is 1.84 bits per heavy atom. The van der Waals surface area contributed by atoms with Crippen molar-refractivity contribution in [1.29, 1.82) is 0 Å². The lowest BCUT2D eigenvalue weighted by Crippen LogP contribution is -2.13. The number of aromatic hydroxyl groups is 1. The van der Waals surface area contributed by atoms with Crippen molar-refractivity contribution in [2.45, 2.75) is 25.6 Å². The van der Waals surface area contributed by atoms with Crippen LogP contribution >= 0.6 is 0 Å². The molecule has 160 valence electrons. The van der Waals surface area contributed by atoms with E-state index in [-0.39, 0.29) is 22.5 Å². The van der Waals surface area contributed by atoms with Crippen molar-refractivity contribution in [3.8, 4) is 11.8 Å². The predicted octanol–water partition coefficient (Wildman–Crippen LogP) is 3.43. The van der Waals surface area contributed by atoms with Gasteiger partial charge in [-0.15, -0.1) is 0 Å². The van der Waals surface area contributed by atoms with Gasteiger partial charge in [0.25, 0.3) is 5.95 Å². The van der Waals surface area contributed by atoms with Gasteiger partial charge in [-0.2, -0.15) is 28.4 Å². The predicted molar refractivity (Wildman–Crippen MR) is 101 cm³/mol. The molecule has 1 atom stereocenters. The van der Waals surface area contributed by atoms with Gasteiger partial charge in [0.05, 0.1) is 29.6 Å². The van der Waals surface area contributed by atoms with Gasteiger partial charge in [0.1, 0.15) is 11.0 Å². The van der Waals surface area contributed by atoms with Gasteiger partial charge in [0.2, 0.25) is 5.88 Å². The van der Waals surface area contributed by atoms with Gasteiger partial charge in [0.15, 0.2) is 0 Å². The zero-order valence-corrected chi connectivity index (χ0v) is 15.9. The van der Waals surface area contributed by atoms with Crippen molar-refractivity contribution in [1.82, 2.24) is 29.5 Å². The van der Waals surface area contributed by atoms with Gasteiger partial charge in [0, 0.05) is 6.20 Å². The van der Waals surface area contributed by atoms with Crippen LogP contribution in [-0.2, 0) is 6.18 Å². The highest BCUT2D eigenvalue weighted by atomic mass is 19.4. The number of fused-ring (bicyclic) bond motifs is 1. The first kappa shape index (κ1) is 20.3. The fourth-order valence-corrected chi connectivity index (χ4v) is 3.26. The van der Waals surface area contributed by atoms with E-state index in [0.29, 0.717) is 12.0 Å². The Bertz CT molecular complexity index is 1260. The number of hydrogen-bond acceptors (Lipinski definition) is 6. The second kappa shape index (κ2) is 7.38. The van der Waals surface area contributed by atoms with Gasteiger partial charge in [-0.25, -0.2) is 14.5 Å². The minimum Gasteiger partial charge on any atom is -0.492 e. The molecule has 3 heterocycles. The molecule has 4 rings (SSSR count). The minimum atomic E-state index is -4.44. The highest BCUT2D eigenvalue weighted by molar-refractivity contribution is 5.87. The molecule has 9 nitrogen and oxygen atoms in total. The molecule has 31 heavy (non-hydrogen) atoms. The number of carboxylic acids is 1. The third kappa shape index (κ3) is 3.67. The molecule has 2 N–H and O–H groups in total. The van der Waals surface area contributed by atoms with Crippen LogP contribution in [0, 0.1) is 0 Å². The summed E-state index contributed by atoms with van der Waals surface area (Å²) >= 11 is 0. The Labute approximate surface area is 172 Å². The largest absolute Gasteiger partial charge is 0.492 e. The van der Waals surface area contributed by atoms with E-state index < -0.39 is 29.6 Å². The van der Waals surface area contributed by atoms with E-state index in [2.05, 4.69) is 20.2 Å². The highest BCUT2D eigenvalue weighted by Gasteiger charge is 2.30. The lowest BCUT2D eigenvalue weighted by Gasteiger charge is -2.18. The maximum absolute atomic E-state index is 12.9. The molecule has 0 aliphatic heterocycles. The summed E-state index contributed by atoms with van der Waals surface area (Å²) in [6, 6.07) is 4.26. The molecule has 4 aromatic rings. The van der Waals surface area contributed by atoms with Crippen molar-refractivity contribution < 1.29 is 28.2 Å². The van der Waals surface area contributed by atoms with Crippen LogP contribution in [0.2, 0.25) is 0 Å². The summed E-state index contributed by atoms with van der Waals surface area (Å²) in [4.78, 5) is 19.3. The molecule has 0 spiro atoms. The van der Waals surface area contributed by atoms with Crippen molar-refractivity contribution in [3.63, 3.8) is 0 Å². The van der Waals surface area contributed by atoms with Crippen LogP contribution in [0.5, 0.6) is 5.88 Å². The van der Waals surface area contributed by atoms with Crippen LogP contribution in [0.3, 0.4) is 0 Å². The van der Waals surface area contributed by atoms with Gasteiger partial charge in [-0.1, -0.05) is 19.1 Å². The standard InChI is InChI=1S/C19H15F3N6O3/c1-2-14(10-3-5-12(6-4-10)19(20,21)22)28-15-13(8-24-28)25-18(26-16(15)29)27-9-11(7-23-27)17(30)31/h3-9,14H,2H2,1H3,(H,30,31)(H,25,26,29). The summed E-state index contributed by atoms with van der Waals surface area (Å²) in [7, 11) is 0. The fraction of sp³-hybridized carbons (Fsp3) is 0.211. The van der Waals surface area contributed by atoms with Crippen LogP contribution in [0.15, 0.2) is 42.9 Å². The average molecular weight is 432 g/mol. The Hall–Kier alpha value is -3.96. The van der Waals surface area contributed by atoms with Crippen LogP contribution in [0.4, 0.5) is 13.2 Å². The first-order valence-corrected chi connectivity index (χ1v) is 9.08. The normalized spacial score (nSPS) is 12.9. The van der Waals surface area contributed by atoms with E-state index in [1.165, 1.54) is 29.2 Å². The Kier molecular flexibility index (Phi) is 4.84. The quantitative estimate of drug-likeness (QED) is 0.496. The SMILES string of the molecule is CCC(c1ccc(C(F)(F)F)cc1)n1ncc2nc(-n3cc(C(=O)O)cn3)nc(O)c21. The average Bonchev–Trinajstić information content (AvgIpc) is 3.36. The zero-order valence-electron chi connectivity index (χ0n) is 15.9. The number of carboxylic acid groups (broad SMARTS) is 1. The molecule has 1 unspecified atom stereocenters. The van der Waals surface area contributed by atoms with Crippen LogP contribution in [-0.4, -0.2) is 45.7 Å². The van der Waals surface area contributed by atoms with Crippen LogP contribution in [0.25, 0.3) is 17.0 Å². The van der Waals surface area contributed by atoms with Crippen molar-refractivity contribution in [2.24, 2.45) is 0 Å². The van der Waals surface area contributed by atoms with Gasteiger partial charge in [-0.05, 0) is 24.1 Å². The first-order chi connectivity index (χ1) is 14.7. The van der Waals surface area contributed by atoms with Crippen molar-refractivity contribution in [3.05, 3.63) is 59.5 Å². The smallest absolute Gasteiger partial charge is 0.416 e. The van der Waals surface area contributed by atoms with Crippen LogP contribution in [0.1, 0.15) is 40.9 Å². The summed E-state index contributed by atoms with van der Waals surface area (Å²) in [6.07, 6.45) is -0.258. The zero-order chi connectivity index (χ0) is 22.3. The molecule has 0 amide bonds. The number of rotatable bonds is 5. The number of hydrogen-bond donors (Lipinski definition) is 2. The second-order valence-corrected chi connectivity index (χ2v) is 6.69. The molecular formula is C19H15F3N6O3. The number of alkyl halides is 3.